The van der Waals surface area contributed by atoms with Crippen LogP contribution in [0.5, 0.6) is 0 Å². The lowest BCUT2D eigenvalue weighted by molar-refractivity contribution is 0.670. The molecule has 3 heteroatoms. The van der Waals surface area contributed by atoms with Crippen LogP contribution in [0.15, 0.2) is 18.2 Å². The monoisotopic (exact) mass is 314 g/mol. The number of aromatic nitrogens is 1. The van der Waals surface area contributed by atoms with Gasteiger partial charge in [0.2, 0.25) is 0 Å². The second-order valence-electron chi connectivity index (χ2n) is 6.20. The summed E-state index contributed by atoms with van der Waals surface area (Å²) in [6.45, 7) is 6.54. The van der Waals surface area contributed by atoms with Crippen LogP contribution in [-0.2, 0) is 19.3 Å². The van der Waals surface area contributed by atoms with E-state index >= 15 is 0 Å². The molecule has 0 atom stereocenters. The van der Waals surface area contributed by atoms with Gasteiger partial charge in [0.15, 0.2) is 0 Å². The van der Waals surface area contributed by atoms with Crippen molar-refractivity contribution in [3.8, 4) is 11.3 Å². The highest BCUT2D eigenvalue weighted by atomic mass is 32.1. The van der Waals surface area contributed by atoms with Crippen molar-refractivity contribution >= 4 is 11.3 Å². The van der Waals surface area contributed by atoms with E-state index in [2.05, 4.69) is 37.4 Å². The molecular weight excluding hydrogens is 288 g/mol. The summed E-state index contributed by atoms with van der Waals surface area (Å²) in [5, 5.41) is 4.72. The molecular formula is C19H26N2S. The van der Waals surface area contributed by atoms with Crippen LogP contribution in [0.25, 0.3) is 11.3 Å². The minimum atomic E-state index is 1.03. The van der Waals surface area contributed by atoms with Crippen molar-refractivity contribution in [2.24, 2.45) is 0 Å². The number of aryl methyl sites for hydroxylation is 3. The van der Waals surface area contributed by atoms with Gasteiger partial charge in [-0.15, -0.1) is 11.3 Å². The Labute approximate surface area is 138 Å². The smallest absolute Gasteiger partial charge is 0.0948 e. The molecule has 0 spiro atoms. The van der Waals surface area contributed by atoms with E-state index in [1.807, 2.05) is 11.3 Å². The molecule has 1 aliphatic carbocycles. The second-order valence-corrected chi connectivity index (χ2v) is 7.49. The molecule has 1 aliphatic rings. The predicted octanol–water partition coefficient (Wildman–Crippen LogP) is 4.54. The van der Waals surface area contributed by atoms with Gasteiger partial charge < -0.3 is 5.32 Å². The van der Waals surface area contributed by atoms with Gasteiger partial charge in [0.05, 0.1) is 10.7 Å². The molecule has 1 aromatic heterocycles. The number of hydrogen-bond acceptors (Lipinski definition) is 3. The highest BCUT2D eigenvalue weighted by Crippen LogP contribution is 2.31. The first-order valence-electron chi connectivity index (χ1n) is 8.57. The molecule has 118 valence electrons. The first kappa shape index (κ1) is 15.7. The van der Waals surface area contributed by atoms with Crippen molar-refractivity contribution in [3.05, 3.63) is 39.2 Å². The number of thiazole rings is 1. The average molecular weight is 314 g/mol. The molecule has 0 aliphatic heterocycles. The number of rotatable bonds is 6. The molecule has 0 bridgehead atoms. The first-order valence-corrected chi connectivity index (χ1v) is 9.38. The van der Waals surface area contributed by atoms with E-state index in [9.17, 15) is 0 Å². The number of nitrogens with one attached hydrogen (secondary N) is 1. The molecule has 1 heterocycles. The third-order valence-electron chi connectivity index (χ3n) is 4.41. The lowest BCUT2D eigenvalue weighted by Gasteiger charge is -2.16. The standard InChI is InChI=1S/C19H26N2S/c1-3-11-20-12-10-18-21-19(14(2)22-18)17-9-8-15-6-4-5-7-16(15)13-17/h8-9,13,20H,3-7,10-12H2,1-2H3. The van der Waals surface area contributed by atoms with Gasteiger partial charge in [-0.1, -0.05) is 19.1 Å². The van der Waals surface area contributed by atoms with Crippen molar-refractivity contribution < 1.29 is 0 Å². The largest absolute Gasteiger partial charge is 0.316 e. The van der Waals surface area contributed by atoms with Crippen LogP contribution >= 0.6 is 11.3 Å². The number of benzene rings is 1. The van der Waals surface area contributed by atoms with Crippen molar-refractivity contribution in [3.63, 3.8) is 0 Å². The quantitative estimate of drug-likeness (QED) is 0.792. The van der Waals surface area contributed by atoms with E-state index in [-0.39, 0.29) is 0 Å². The maximum Gasteiger partial charge on any atom is 0.0948 e. The van der Waals surface area contributed by atoms with Crippen LogP contribution < -0.4 is 5.32 Å². The van der Waals surface area contributed by atoms with Crippen molar-refractivity contribution in [1.29, 1.82) is 0 Å². The Morgan fingerprint density at radius 1 is 1.14 bits per heavy atom. The molecule has 1 N–H and O–H groups in total. The van der Waals surface area contributed by atoms with Gasteiger partial charge in [-0.3, -0.25) is 0 Å². The molecule has 0 saturated heterocycles. The fourth-order valence-electron chi connectivity index (χ4n) is 3.20. The second kappa shape index (κ2) is 7.38. The van der Waals surface area contributed by atoms with E-state index in [1.54, 1.807) is 11.1 Å². The molecule has 0 amide bonds. The Balaban J connectivity index is 1.75. The maximum absolute atomic E-state index is 4.91. The van der Waals surface area contributed by atoms with Crippen LogP contribution in [0.1, 0.15) is 47.2 Å². The van der Waals surface area contributed by atoms with E-state index in [0.717, 1.165) is 19.5 Å². The molecule has 2 nitrogen and oxygen atoms in total. The lowest BCUT2D eigenvalue weighted by atomic mass is 9.90. The highest BCUT2D eigenvalue weighted by Gasteiger charge is 2.14. The zero-order valence-corrected chi connectivity index (χ0v) is 14.6. The highest BCUT2D eigenvalue weighted by molar-refractivity contribution is 7.12. The van der Waals surface area contributed by atoms with Gasteiger partial charge in [-0.05, 0) is 62.8 Å². The Morgan fingerprint density at radius 3 is 2.77 bits per heavy atom. The molecule has 1 aromatic carbocycles. The van der Waals surface area contributed by atoms with Gasteiger partial charge in [-0.2, -0.15) is 0 Å². The molecule has 0 fully saturated rings. The Bertz CT molecular complexity index is 630. The number of hydrogen-bond donors (Lipinski definition) is 1. The van der Waals surface area contributed by atoms with Crippen LogP contribution in [0.4, 0.5) is 0 Å². The zero-order chi connectivity index (χ0) is 15.4. The van der Waals surface area contributed by atoms with Gasteiger partial charge >= 0.3 is 0 Å². The fourth-order valence-corrected chi connectivity index (χ4v) is 4.16. The number of nitrogens with zero attached hydrogens (tertiary/aromatic N) is 1. The molecule has 2 aromatic rings. The molecule has 0 saturated carbocycles. The minimum Gasteiger partial charge on any atom is -0.316 e. The van der Waals surface area contributed by atoms with Crippen LogP contribution in [0.3, 0.4) is 0 Å². The van der Waals surface area contributed by atoms with E-state index in [0.29, 0.717) is 0 Å². The van der Waals surface area contributed by atoms with Gasteiger partial charge in [0, 0.05) is 23.4 Å². The summed E-state index contributed by atoms with van der Waals surface area (Å²) in [7, 11) is 0. The Morgan fingerprint density at radius 2 is 1.95 bits per heavy atom. The summed E-state index contributed by atoms with van der Waals surface area (Å²) in [4.78, 5) is 6.25. The van der Waals surface area contributed by atoms with E-state index in [1.165, 1.54) is 53.2 Å². The lowest BCUT2D eigenvalue weighted by Crippen LogP contribution is -2.17. The van der Waals surface area contributed by atoms with Gasteiger partial charge in [0.1, 0.15) is 0 Å². The summed E-state index contributed by atoms with van der Waals surface area (Å²) < 4.78 is 0. The van der Waals surface area contributed by atoms with Gasteiger partial charge in [0.25, 0.3) is 0 Å². The summed E-state index contributed by atoms with van der Waals surface area (Å²) in [5.74, 6) is 0. The summed E-state index contributed by atoms with van der Waals surface area (Å²) in [6, 6.07) is 6.98. The Kier molecular flexibility index (Phi) is 5.27. The van der Waals surface area contributed by atoms with Crippen LogP contribution in [0.2, 0.25) is 0 Å². The number of fused-ring (bicyclic) bond motifs is 1. The summed E-state index contributed by atoms with van der Waals surface area (Å²) >= 11 is 1.85. The normalized spacial score (nSPS) is 14.1. The topological polar surface area (TPSA) is 24.9 Å². The molecule has 0 radical (unpaired) electrons. The fraction of sp³-hybridized carbons (Fsp3) is 0.526. The van der Waals surface area contributed by atoms with Crippen LogP contribution in [0, 0.1) is 6.92 Å². The summed E-state index contributed by atoms with van der Waals surface area (Å²) in [5.41, 5.74) is 5.60. The minimum absolute atomic E-state index is 1.03. The summed E-state index contributed by atoms with van der Waals surface area (Å²) in [6.07, 6.45) is 7.39. The SMILES string of the molecule is CCCNCCc1nc(-c2ccc3c(c2)CCCC3)c(C)s1. The van der Waals surface area contributed by atoms with Crippen molar-refractivity contribution in [2.45, 2.75) is 52.4 Å². The average Bonchev–Trinajstić information content (AvgIpc) is 2.92. The molecule has 22 heavy (non-hydrogen) atoms. The molecule has 3 rings (SSSR count). The van der Waals surface area contributed by atoms with Crippen LogP contribution in [-0.4, -0.2) is 18.1 Å². The first-order chi connectivity index (χ1) is 10.8. The van der Waals surface area contributed by atoms with Crippen molar-refractivity contribution in [1.82, 2.24) is 10.3 Å². The van der Waals surface area contributed by atoms with Gasteiger partial charge in [-0.25, -0.2) is 4.98 Å². The van der Waals surface area contributed by atoms with Crippen molar-refractivity contribution in [2.75, 3.05) is 13.1 Å². The zero-order valence-electron chi connectivity index (χ0n) is 13.7. The Hall–Kier alpha value is -1.19. The maximum atomic E-state index is 4.91. The van der Waals surface area contributed by atoms with E-state index in [4.69, 9.17) is 4.98 Å². The van der Waals surface area contributed by atoms with E-state index < -0.39 is 0 Å². The third-order valence-corrected chi connectivity index (χ3v) is 5.44. The third kappa shape index (κ3) is 3.58. The predicted molar refractivity (Wildman–Crippen MR) is 95.8 cm³/mol. The molecule has 0 unspecified atom stereocenters.